The van der Waals surface area contributed by atoms with Crippen molar-refractivity contribution in [3.63, 3.8) is 0 Å². The van der Waals surface area contributed by atoms with Crippen LogP contribution in [0.4, 0.5) is 24.7 Å². The van der Waals surface area contributed by atoms with Crippen molar-refractivity contribution in [2.24, 2.45) is 0 Å². The molecular weight excluding hydrogens is 537 g/mol. The highest BCUT2D eigenvalue weighted by atomic mass is 19.4. The Morgan fingerprint density at radius 2 is 1.80 bits per heavy atom. The molecule has 0 saturated carbocycles. The number of fused-ring (bicyclic) bond motifs is 1. The van der Waals surface area contributed by atoms with E-state index < -0.39 is 23.6 Å². The van der Waals surface area contributed by atoms with Gasteiger partial charge in [-0.15, -0.1) is 0 Å². The van der Waals surface area contributed by atoms with Gasteiger partial charge >= 0.3 is 6.18 Å². The van der Waals surface area contributed by atoms with Crippen LogP contribution in [0.25, 0.3) is 22.3 Å². The molecule has 0 spiro atoms. The molecule has 2 amide bonds. The van der Waals surface area contributed by atoms with E-state index in [-0.39, 0.29) is 23.0 Å². The summed E-state index contributed by atoms with van der Waals surface area (Å²) in [6.45, 7) is 4.34. The number of nitriles is 1. The number of carbonyl (C=O) groups is 2. The number of alkyl halides is 3. The molecule has 41 heavy (non-hydrogen) atoms. The predicted octanol–water partition coefficient (Wildman–Crippen LogP) is 4.59. The van der Waals surface area contributed by atoms with E-state index in [1.165, 1.54) is 6.33 Å². The highest BCUT2D eigenvalue weighted by Gasteiger charge is 2.31. The Hall–Kier alpha value is -5.25. The smallest absolute Gasteiger partial charge is 0.383 e. The lowest BCUT2D eigenvalue weighted by atomic mass is 10.0. The Morgan fingerprint density at radius 1 is 1.10 bits per heavy atom. The molecule has 0 radical (unpaired) electrons. The molecule has 3 N–H and O–H groups in total. The Kier molecular flexibility index (Phi) is 7.15. The van der Waals surface area contributed by atoms with Crippen molar-refractivity contribution >= 4 is 34.4 Å². The van der Waals surface area contributed by atoms with Crippen LogP contribution in [-0.2, 0) is 11.0 Å². The molecule has 2 aromatic carbocycles. The fraction of sp³-hybridized carbons (Fsp3) is 0.214. The third kappa shape index (κ3) is 5.44. The summed E-state index contributed by atoms with van der Waals surface area (Å²) in [6, 6.07) is 12.2. The minimum atomic E-state index is -4.49. The molecule has 1 saturated heterocycles. The van der Waals surface area contributed by atoms with Gasteiger partial charge in [-0.2, -0.15) is 23.5 Å². The second-order valence-electron chi connectivity index (χ2n) is 9.49. The predicted molar refractivity (Wildman–Crippen MR) is 144 cm³/mol. The van der Waals surface area contributed by atoms with Gasteiger partial charge in [-0.3, -0.25) is 9.59 Å². The molecule has 1 aliphatic heterocycles. The minimum absolute atomic E-state index is 0.0788. The third-order valence-corrected chi connectivity index (χ3v) is 6.83. The van der Waals surface area contributed by atoms with E-state index in [0.29, 0.717) is 47.5 Å². The van der Waals surface area contributed by atoms with E-state index in [0.717, 1.165) is 30.7 Å². The molecule has 4 aromatic rings. The van der Waals surface area contributed by atoms with E-state index in [1.807, 2.05) is 0 Å². The maximum absolute atomic E-state index is 12.8. The number of likely N-dealkylation sites (tertiary alicyclic amines) is 1. The number of hydrogen-bond donors (Lipinski definition) is 2. The van der Waals surface area contributed by atoms with Gasteiger partial charge in [0.25, 0.3) is 11.8 Å². The van der Waals surface area contributed by atoms with Crippen molar-refractivity contribution in [1.29, 1.82) is 5.26 Å². The number of amides is 2. The number of anilines is 2. The van der Waals surface area contributed by atoms with Gasteiger partial charge in [0.15, 0.2) is 5.65 Å². The molecule has 0 bridgehead atoms. The topological polar surface area (TPSA) is 143 Å². The summed E-state index contributed by atoms with van der Waals surface area (Å²) in [5.41, 5.74) is 7.41. The van der Waals surface area contributed by atoms with Crippen LogP contribution >= 0.6 is 0 Å². The maximum atomic E-state index is 12.8. The zero-order valence-electron chi connectivity index (χ0n) is 21.5. The Bertz CT molecular complexity index is 1690. The number of nitrogens with two attached hydrogens (primary N) is 1. The van der Waals surface area contributed by atoms with Crippen molar-refractivity contribution in [3.05, 3.63) is 78.1 Å². The van der Waals surface area contributed by atoms with Crippen molar-refractivity contribution in [3.8, 4) is 17.3 Å². The summed E-state index contributed by atoms with van der Waals surface area (Å²) in [7, 11) is 0. The number of carbonyl (C=O) groups excluding carboxylic acids is 2. The second-order valence-corrected chi connectivity index (χ2v) is 9.49. The average molecular weight is 561 g/mol. The second kappa shape index (κ2) is 10.7. The van der Waals surface area contributed by atoms with Crippen LogP contribution in [0, 0.1) is 11.3 Å². The highest BCUT2D eigenvalue weighted by Crippen LogP contribution is 2.34. The van der Waals surface area contributed by atoms with Crippen LogP contribution in [0.2, 0.25) is 0 Å². The van der Waals surface area contributed by atoms with E-state index >= 15 is 0 Å². The van der Waals surface area contributed by atoms with Crippen LogP contribution in [-0.4, -0.2) is 49.6 Å². The first-order chi connectivity index (χ1) is 19.6. The standard InChI is InChI=1S/C28H23F3N8O2/c1-16(13-32)27(41)38-12-2-3-21(14-38)39-25-22(24(33)34-15-35-25)23(37-39)17-6-10-20(11-7-17)36-26(40)18-4-8-19(9-5-18)28(29,30)31/h4-11,15,21H,1-3,12,14H2,(H,36,40)(H2,33,34,35)/t21-/m1/s1. The van der Waals surface area contributed by atoms with Crippen molar-refractivity contribution < 1.29 is 22.8 Å². The largest absolute Gasteiger partial charge is 0.416 e. The summed E-state index contributed by atoms with van der Waals surface area (Å²) in [5.74, 6) is -0.760. The van der Waals surface area contributed by atoms with Gasteiger partial charge < -0.3 is 16.0 Å². The molecule has 5 rings (SSSR count). The lowest BCUT2D eigenvalue weighted by Crippen LogP contribution is -2.41. The molecule has 1 atom stereocenters. The van der Waals surface area contributed by atoms with Crippen LogP contribution in [0.15, 0.2) is 67.0 Å². The van der Waals surface area contributed by atoms with Gasteiger partial charge in [0, 0.05) is 29.9 Å². The first-order valence-corrected chi connectivity index (χ1v) is 12.5. The summed E-state index contributed by atoms with van der Waals surface area (Å²) in [4.78, 5) is 35.2. The van der Waals surface area contributed by atoms with E-state index in [2.05, 4.69) is 21.9 Å². The van der Waals surface area contributed by atoms with Gasteiger partial charge in [-0.1, -0.05) is 18.7 Å². The van der Waals surface area contributed by atoms with E-state index in [9.17, 15) is 22.8 Å². The average Bonchev–Trinajstić information content (AvgIpc) is 3.37. The van der Waals surface area contributed by atoms with Gasteiger partial charge in [-0.25, -0.2) is 14.6 Å². The number of benzene rings is 2. The zero-order valence-corrected chi connectivity index (χ0v) is 21.5. The number of hydrogen-bond acceptors (Lipinski definition) is 7. The van der Waals surface area contributed by atoms with Crippen molar-refractivity contribution in [2.75, 3.05) is 24.1 Å². The van der Waals surface area contributed by atoms with Crippen LogP contribution in [0.3, 0.4) is 0 Å². The summed E-state index contributed by atoms with van der Waals surface area (Å²) in [6.07, 6.45) is -1.74. The van der Waals surface area contributed by atoms with Gasteiger partial charge in [0.2, 0.25) is 0 Å². The fourth-order valence-corrected chi connectivity index (χ4v) is 4.75. The summed E-state index contributed by atoms with van der Waals surface area (Å²) < 4.78 is 40.2. The number of nitrogens with zero attached hydrogens (tertiary/aromatic N) is 6. The van der Waals surface area contributed by atoms with Crippen molar-refractivity contribution in [1.82, 2.24) is 24.6 Å². The SMILES string of the molecule is C=C(C#N)C(=O)N1CCC[C@@H](n2nc(-c3ccc(NC(=O)c4ccc(C(F)(F)F)cc4)cc3)c3c(N)ncnc32)C1. The van der Waals surface area contributed by atoms with Crippen LogP contribution in [0.1, 0.15) is 34.8 Å². The number of piperidine rings is 1. The van der Waals surface area contributed by atoms with E-state index in [4.69, 9.17) is 16.1 Å². The molecule has 208 valence electrons. The van der Waals surface area contributed by atoms with Gasteiger partial charge in [0.05, 0.1) is 17.0 Å². The molecule has 3 heterocycles. The number of nitrogens with one attached hydrogen (secondary N) is 1. The maximum Gasteiger partial charge on any atom is 0.416 e. The third-order valence-electron chi connectivity index (χ3n) is 6.83. The number of rotatable bonds is 5. The lowest BCUT2D eigenvalue weighted by Gasteiger charge is -2.32. The minimum Gasteiger partial charge on any atom is -0.383 e. The van der Waals surface area contributed by atoms with Crippen molar-refractivity contribution in [2.45, 2.75) is 25.1 Å². The lowest BCUT2D eigenvalue weighted by molar-refractivity contribution is -0.137. The monoisotopic (exact) mass is 560 g/mol. The van der Waals surface area contributed by atoms with Crippen LogP contribution < -0.4 is 11.1 Å². The molecule has 0 aliphatic carbocycles. The number of nitrogen functional groups attached to an aromatic ring is 1. The molecule has 13 heteroatoms. The van der Waals surface area contributed by atoms with Gasteiger partial charge in [0.1, 0.15) is 29.5 Å². The quantitative estimate of drug-likeness (QED) is 0.268. The highest BCUT2D eigenvalue weighted by molar-refractivity contribution is 6.04. The summed E-state index contributed by atoms with van der Waals surface area (Å²) in [5, 5.41) is 17.1. The first-order valence-electron chi connectivity index (χ1n) is 12.5. The molecular formula is C28H23F3N8O2. The Labute approximate surface area is 231 Å². The molecule has 0 unspecified atom stereocenters. The number of aromatic nitrogens is 4. The zero-order chi connectivity index (χ0) is 29.3. The first kappa shape index (κ1) is 27.3. The normalized spacial score (nSPS) is 15.4. The molecule has 10 nitrogen and oxygen atoms in total. The number of halogens is 3. The van der Waals surface area contributed by atoms with E-state index in [1.54, 1.807) is 39.9 Å². The molecule has 1 fully saturated rings. The van der Waals surface area contributed by atoms with Crippen LogP contribution in [0.5, 0.6) is 0 Å². The Balaban J connectivity index is 1.40. The van der Waals surface area contributed by atoms with Gasteiger partial charge in [-0.05, 0) is 49.2 Å². The molecule has 2 aromatic heterocycles. The summed E-state index contributed by atoms with van der Waals surface area (Å²) >= 11 is 0. The Morgan fingerprint density at radius 3 is 2.46 bits per heavy atom. The molecule has 1 aliphatic rings. The fourth-order valence-electron chi connectivity index (χ4n) is 4.75.